The molecule has 0 spiro atoms. The number of rotatable bonds is 4. The lowest BCUT2D eigenvalue weighted by Crippen LogP contribution is -2.37. The zero-order valence-electron chi connectivity index (χ0n) is 10.2. The van der Waals surface area contributed by atoms with Crippen LogP contribution in [-0.2, 0) is 0 Å². The summed E-state index contributed by atoms with van der Waals surface area (Å²) in [5.41, 5.74) is 2.59. The highest BCUT2D eigenvalue weighted by Gasteiger charge is 2.08. The van der Waals surface area contributed by atoms with E-state index in [1.54, 1.807) is 0 Å². The van der Waals surface area contributed by atoms with Gasteiger partial charge in [-0.2, -0.15) is 0 Å². The molecule has 88 valence electrons. The Morgan fingerprint density at radius 2 is 2.06 bits per heavy atom. The highest BCUT2D eigenvalue weighted by atomic mass is 32.1. The predicted molar refractivity (Wildman–Crippen MR) is 73.6 cm³/mol. The van der Waals surface area contributed by atoms with Crippen LogP contribution in [0.25, 0.3) is 0 Å². The first-order chi connectivity index (χ1) is 7.65. The topological polar surface area (TPSA) is 24.1 Å². The van der Waals surface area contributed by atoms with Gasteiger partial charge in [-0.3, -0.25) is 0 Å². The Kier molecular flexibility index (Phi) is 5.26. The monoisotopic (exact) mass is 236 g/mol. The van der Waals surface area contributed by atoms with Crippen molar-refractivity contribution >= 4 is 17.3 Å². The molecule has 1 atom stereocenters. The Morgan fingerprint density at radius 1 is 1.38 bits per heavy atom. The van der Waals surface area contributed by atoms with Crippen molar-refractivity contribution < 1.29 is 0 Å². The quantitative estimate of drug-likeness (QED) is 0.786. The molecule has 0 bridgehead atoms. The lowest BCUT2D eigenvalue weighted by atomic mass is 10.0. The third-order valence-corrected chi connectivity index (χ3v) is 2.80. The van der Waals surface area contributed by atoms with E-state index in [0.29, 0.717) is 0 Å². The van der Waals surface area contributed by atoms with Crippen molar-refractivity contribution in [1.29, 1.82) is 0 Å². The molecule has 0 radical (unpaired) electrons. The van der Waals surface area contributed by atoms with Crippen LogP contribution in [0.3, 0.4) is 0 Å². The van der Waals surface area contributed by atoms with E-state index >= 15 is 0 Å². The minimum absolute atomic E-state index is 0.248. The molecule has 3 heteroatoms. The molecule has 2 nitrogen and oxygen atoms in total. The number of hydrogen-bond acceptors (Lipinski definition) is 1. The maximum Gasteiger partial charge on any atom is 0.166 e. The number of benzene rings is 1. The van der Waals surface area contributed by atoms with E-state index < -0.39 is 0 Å². The van der Waals surface area contributed by atoms with Gasteiger partial charge in [0.05, 0.1) is 6.04 Å². The maximum atomic E-state index is 5.22. The van der Waals surface area contributed by atoms with Gasteiger partial charge in [-0.05, 0) is 43.6 Å². The number of nitrogens with one attached hydrogen (secondary N) is 2. The Balaban J connectivity index is 2.55. The van der Waals surface area contributed by atoms with E-state index in [0.717, 1.165) is 18.1 Å². The third kappa shape index (κ3) is 3.81. The molecule has 2 N–H and O–H groups in total. The highest BCUT2D eigenvalue weighted by molar-refractivity contribution is 7.80. The predicted octanol–water partition coefficient (Wildman–Crippen LogP) is 2.93. The Hall–Kier alpha value is -1.09. The summed E-state index contributed by atoms with van der Waals surface area (Å²) in [7, 11) is 0. The molecule has 0 aliphatic rings. The van der Waals surface area contributed by atoms with Crippen molar-refractivity contribution in [2.24, 2.45) is 0 Å². The first kappa shape index (κ1) is 13.0. The van der Waals surface area contributed by atoms with Gasteiger partial charge in [0.2, 0.25) is 0 Å². The van der Waals surface area contributed by atoms with Crippen LogP contribution in [0.4, 0.5) is 0 Å². The largest absolute Gasteiger partial charge is 0.363 e. The summed E-state index contributed by atoms with van der Waals surface area (Å²) in [4.78, 5) is 0. The smallest absolute Gasteiger partial charge is 0.166 e. The number of thiocarbonyl (C=S) groups is 1. The summed E-state index contributed by atoms with van der Waals surface area (Å²) < 4.78 is 0. The molecule has 0 fully saturated rings. The lowest BCUT2D eigenvalue weighted by molar-refractivity contribution is 0.690. The summed E-state index contributed by atoms with van der Waals surface area (Å²) in [6.07, 6.45) is 1.08. The number of hydrogen-bond donors (Lipinski definition) is 2. The fourth-order valence-corrected chi connectivity index (χ4v) is 1.92. The van der Waals surface area contributed by atoms with Crippen LogP contribution >= 0.6 is 12.2 Å². The van der Waals surface area contributed by atoms with Crippen molar-refractivity contribution in [1.82, 2.24) is 10.6 Å². The molecule has 0 aliphatic heterocycles. The fourth-order valence-electron chi connectivity index (χ4n) is 1.64. The van der Waals surface area contributed by atoms with Gasteiger partial charge in [-0.15, -0.1) is 0 Å². The van der Waals surface area contributed by atoms with E-state index in [-0.39, 0.29) is 6.04 Å². The Labute approximate surface area is 103 Å². The molecular formula is C13H20N2S. The Bertz CT molecular complexity index is 350. The average Bonchev–Trinajstić information content (AvgIpc) is 2.26. The van der Waals surface area contributed by atoms with Crippen LogP contribution in [0.5, 0.6) is 0 Å². The van der Waals surface area contributed by atoms with Crippen LogP contribution in [0.1, 0.15) is 37.4 Å². The van der Waals surface area contributed by atoms with Gasteiger partial charge in [-0.1, -0.05) is 31.2 Å². The van der Waals surface area contributed by atoms with Gasteiger partial charge in [0.1, 0.15) is 0 Å². The molecule has 0 saturated carbocycles. The SMILES string of the molecule is CCCNC(=S)NC(C)c1ccccc1C. The third-order valence-electron chi connectivity index (χ3n) is 2.54. The highest BCUT2D eigenvalue weighted by Crippen LogP contribution is 2.16. The lowest BCUT2D eigenvalue weighted by Gasteiger charge is -2.18. The number of aryl methyl sites for hydroxylation is 1. The van der Waals surface area contributed by atoms with Gasteiger partial charge >= 0.3 is 0 Å². The molecule has 1 unspecified atom stereocenters. The fraction of sp³-hybridized carbons (Fsp3) is 0.462. The van der Waals surface area contributed by atoms with Gasteiger partial charge in [0, 0.05) is 6.54 Å². The average molecular weight is 236 g/mol. The zero-order valence-corrected chi connectivity index (χ0v) is 11.0. The van der Waals surface area contributed by atoms with Crippen LogP contribution in [0.15, 0.2) is 24.3 Å². The van der Waals surface area contributed by atoms with Crippen LogP contribution < -0.4 is 10.6 Å². The Morgan fingerprint density at radius 3 is 2.69 bits per heavy atom. The summed E-state index contributed by atoms with van der Waals surface area (Å²) in [6, 6.07) is 8.62. The summed E-state index contributed by atoms with van der Waals surface area (Å²) >= 11 is 5.22. The standard InChI is InChI=1S/C13H20N2S/c1-4-9-14-13(16)15-11(3)12-8-6-5-7-10(12)2/h5-8,11H,4,9H2,1-3H3,(H2,14,15,16). The minimum atomic E-state index is 0.248. The van der Waals surface area contributed by atoms with Crippen LogP contribution in [-0.4, -0.2) is 11.7 Å². The van der Waals surface area contributed by atoms with E-state index in [1.165, 1.54) is 11.1 Å². The van der Waals surface area contributed by atoms with E-state index in [1.807, 2.05) is 0 Å². The first-order valence-electron chi connectivity index (χ1n) is 5.75. The van der Waals surface area contributed by atoms with Crippen LogP contribution in [0.2, 0.25) is 0 Å². The van der Waals surface area contributed by atoms with Crippen molar-refractivity contribution in [3.63, 3.8) is 0 Å². The van der Waals surface area contributed by atoms with Crippen molar-refractivity contribution in [2.45, 2.75) is 33.2 Å². The molecule has 0 saturated heterocycles. The second-order valence-corrected chi connectivity index (χ2v) is 4.39. The maximum absolute atomic E-state index is 5.22. The van der Waals surface area contributed by atoms with E-state index in [9.17, 15) is 0 Å². The summed E-state index contributed by atoms with van der Waals surface area (Å²) in [5.74, 6) is 0. The van der Waals surface area contributed by atoms with E-state index in [4.69, 9.17) is 12.2 Å². The van der Waals surface area contributed by atoms with Crippen molar-refractivity contribution in [3.05, 3.63) is 35.4 Å². The van der Waals surface area contributed by atoms with Gasteiger partial charge in [-0.25, -0.2) is 0 Å². The molecule has 0 aliphatic carbocycles. The molecule has 0 heterocycles. The van der Waals surface area contributed by atoms with Crippen molar-refractivity contribution in [3.8, 4) is 0 Å². The van der Waals surface area contributed by atoms with Gasteiger partial charge in [0.15, 0.2) is 5.11 Å². The molecule has 0 amide bonds. The normalized spacial score (nSPS) is 11.9. The first-order valence-corrected chi connectivity index (χ1v) is 6.16. The molecular weight excluding hydrogens is 216 g/mol. The summed E-state index contributed by atoms with van der Waals surface area (Å²) in [5, 5.41) is 7.20. The minimum Gasteiger partial charge on any atom is -0.363 e. The second kappa shape index (κ2) is 6.48. The molecule has 16 heavy (non-hydrogen) atoms. The molecule has 0 aromatic heterocycles. The zero-order chi connectivity index (χ0) is 12.0. The molecule has 1 aromatic carbocycles. The van der Waals surface area contributed by atoms with E-state index in [2.05, 4.69) is 55.7 Å². The van der Waals surface area contributed by atoms with Gasteiger partial charge < -0.3 is 10.6 Å². The van der Waals surface area contributed by atoms with Gasteiger partial charge in [0.25, 0.3) is 0 Å². The van der Waals surface area contributed by atoms with Crippen LogP contribution in [0, 0.1) is 6.92 Å². The molecule has 1 rings (SSSR count). The second-order valence-electron chi connectivity index (χ2n) is 3.98. The van der Waals surface area contributed by atoms with Crippen molar-refractivity contribution in [2.75, 3.05) is 6.54 Å². The molecule has 1 aromatic rings. The summed E-state index contributed by atoms with van der Waals surface area (Å²) in [6.45, 7) is 7.30.